The fourth-order valence-corrected chi connectivity index (χ4v) is 4.45. The number of hydrogen-bond donors (Lipinski definition) is 1. The fourth-order valence-electron chi connectivity index (χ4n) is 3.61. The summed E-state index contributed by atoms with van der Waals surface area (Å²) in [6.07, 6.45) is 1.03. The average Bonchev–Trinajstić information content (AvgIpc) is 3.23. The van der Waals surface area contributed by atoms with Crippen LogP contribution in [0.25, 0.3) is 0 Å². The molecular formula is C24H31N3O6S. The lowest BCUT2D eigenvalue weighted by Gasteiger charge is -2.32. The lowest BCUT2D eigenvalue weighted by atomic mass is 10.1. The molecule has 1 N–H and O–H groups in total. The molecule has 0 aliphatic carbocycles. The maximum Gasteiger partial charge on any atom is 0.244 e. The highest BCUT2D eigenvalue weighted by atomic mass is 32.2. The van der Waals surface area contributed by atoms with Crippen LogP contribution < -0.4 is 19.1 Å². The molecule has 184 valence electrons. The van der Waals surface area contributed by atoms with E-state index in [9.17, 15) is 18.0 Å². The van der Waals surface area contributed by atoms with Gasteiger partial charge in [-0.05, 0) is 51.0 Å². The van der Waals surface area contributed by atoms with Crippen molar-refractivity contribution in [3.05, 3.63) is 53.6 Å². The maximum atomic E-state index is 13.5. The van der Waals surface area contributed by atoms with Crippen molar-refractivity contribution >= 4 is 27.5 Å². The Morgan fingerprint density at radius 3 is 2.38 bits per heavy atom. The van der Waals surface area contributed by atoms with Crippen LogP contribution in [0.1, 0.15) is 31.9 Å². The minimum Gasteiger partial charge on any atom is -0.454 e. The summed E-state index contributed by atoms with van der Waals surface area (Å²) < 4.78 is 37.0. The molecule has 0 aromatic heterocycles. The number of nitrogens with one attached hydrogen (secondary N) is 1. The largest absolute Gasteiger partial charge is 0.454 e. The smallest absolute Gasteiger partial charge is 0.244 e. The number of hydrogen-bond acceptors (Lipinski definition) is 6. The van der Waals surface area contributed by atoms with Gasteiger partial charge in [0.2, 0.25) is 28.6 Å². The second-order valence-electron chi connectivity index (χ2n) is 8.59. The quantitative estimate of drug-likeness (QED) is 0.580. The predicted molar refractivity (Wildman–Crippen MR) is 129 cm³/mol. The van der Waals surface area contributed by atoms with Crippen molar-refractivity contribution in [3.8, 4) is 11.5 Å². The summed E-state index contributed by atoms with van der Waals surface area (Å²) in [5.74, 6) is 0.0902. The lowest BCUT2D eigenvalue weighted by Crippen LogP contribution is -2.52. The standard InChI is InChI=1S/C24H31N3O6S/c1-16(2)25-24(29)18(4)26(13-19-9-7-6-8-17(19)3)23(28)14-27(34(5,30)31)20-10-11-21-22(12-20)33-15-32-21/h6-12,16,18H,13-15H2,1-5H3,(H,25,29). The number of anilines is 1. The molecule has 0 spiro atoms. The molecule has 2 aromatic rings. The van der Waals surface area contributed by atoms with Crippen molar-refractivity contribution < 1.29 is 27.5 Å². The Balaban J connectivity index is 1.92. The molecule has 2 amide bonds. The molecule has 0 fully saturated rings. The molecule has 1 aliphatic heterocycles. The van der Waals surface area contributed by atoms with E-state index in [4.69, 9.17) is 9.47 Å². The van der Waals surface area contributed by atoms with Gasteiger partial charge in [-0.1, -0.05) is 24.3 Å². The highest BCUT2D eigenvalue weighted by Gasteiger charge is 2.31. The Bertz CT molecular complexity index is 1170. The number of sulfonamides is 1. The molecule has 1 atom stereocenters. The number of carbonyl (C=O) groups is 2. The van der Waals surface area contributed by atoms with E-state index in [-0.39, 0.29) is 31.0 Å². The summed E-state index contributed by atoms with van der Waals surface area (Å²) in [6, 6.07) is 11.3. The van der Waals surface area contributed by atoms with E-state index in [1.807, 2.05) is 45.0 Å². The van der Waals surface area contributed by atoms with Gasteiger partial charge in [0.25, 0.3) is 0 Å². The summed E-state index contributed by atoms with van der Waals surface area (Å²) >= 11 is 0. The van der Waals surface area contributed by atoms with Crippen molar-refractivity contribution in [1.29, 1.82) is 0 Å². The van der Waals surface area contributed by atoms with Crippen LogP contribution in [0.2, 0.25) is 0 Å². The minimum absolute atomic E-state index is 0.0449. The third kappa shape index (κ3) is 5.99. The zero-order valence-electron chi connectivity index (χ0n) is 20.1. The highest BCUT2D eigenvalue weighted by Crippen LogP contribution is 2.36. The summed E-state index contributed by atoms with van der Waals surface area (Å²) in [6.45, 7) is 6.97. The molecule has 2 aromatic carbocycles. The van der Waals surface area contributed by atoms with Crippen LogP contribution >= 0.6 is 0 Å². The number of carbonyl (C=O) groups excluding carboxylic acids is 2. The van der Waals surface area contributed by atoms with Gasteiger partial charge < -0.3 is 19.7 Å². The summed E-state index contributed by atoms with van der Waals surface area (Å²) in [7, 11) is -3.82. The monoisotopic (exact) mass is 489 g/mol. The van der Waals surface area contributed by atoms with E-state index < -0.39 is 28.5 Å². The molecule has 0 saturated heterocycles. The van der Waals surface area contributed by atoms with Gasteiger partial charge in [0.05, 0.1) is 11.9 Å². The lowest BCUT2D eigenvalue weighted by molar-refractivity contribution is -0.139. The van der Waals surface area contributed by atoms with Crippen molar-refractivity contribution in [3.63, 3.8) is 0 Å². The Morgan fingerprint density at radius 1 is 1.06 bits per heavy atom. The second-order valence-corrected chi connectivity index (χ2v) is 10.5. The molecule has 3 rings (SSSR count). The molecule has 10 heteroatoms. The third-order valence-electron chi connectivity index (χ3n) is 5.52. The van der Waals surface area contributed by atoms with Gasteiger partial charge in [-0.3, -0.25) is 13.9 Å². The van der Waals surface area contributed by atoms with Gasteiger partial charge in [-0.2, -0.15) is 0 Å². The number of amides is 2. The van der Waals surface area contributed by atoms with E-state index in [1.165, 1.54) is 11.0 Å². The number of rotatable bonds is 9. The molecule has 0 radical (unpaired) electrons. The van der Waals surface area contributed by atoms with Crippen LogP contribution in [0.15, 0.2) is 42.5 Å². The van der Waals surface area contributed by atoms with Crippen LogP contribution in [0.4, 0.5) is 5.69 Å². The summed E-state index contributed by atoms with van der Waals surface area (Å²) in [5, 5.41) is 2.83. The van der Waals surface area contributed by atoms with Gasteiger partial charge in [0.15, 0.2) is 11.5 Å². The van der Waals surface area contributed by atoms with E-state index in [0.29, 0.717) is 11.5 Å². The SMILES string of the molecule is Cc1ccccc1CN(C(=O)CN(c1ccc2c(c1)OCO2)S(C)(=O)=O)C(C)C(=O)NC(C)C. The zero-order chi connectivity index (χ0) is 25.0. The van der Waals surface area contributed by atoms with Gasteiger partial charge in [-0.25, -0.2) is 8.42 Å². The normalized spacial score (nSPS) is 13.5. The molecule has 0 bridgehead atoms. The van der Waals surface area contributed by atoms with Crippen molar-refractivity contribution in [2.75, 3.05) is 23.9 Å². The van der Waals surface area contributed by atoms with Crippen LogP contribution in [0.3, 0.4) is 0 Å². The van der Waals surface area contributed by atoms with Crippen LogP contribution in [0, 0.1) is 6.92 Å². The van der Waals surface area contributed by atoms with Gasteiger partial charge in [-0.15, -0.1) is 0 Å². The number of aryl methyl sites for hydroxylation is 1. The first-order valence-corrected chi connectivity index (χ1v) is 12.8. The average molecular weight is 490 g/mol. The molecule has 34 heavy (non-hydrogen) atoms. The van der Waals surface area contributed by atoms with E-state index in [1.54, 1.807) is 19.1 Å². The van der Waals surface area contributed by atoms with Gasteiger partial charge in [0, 0.05) is 18.7 Å². The molecule has 1 aliphatic rings. The summed E-state index contributed by atoms with van der Waals surface area (Å²) in [4.78, 5) is 27.7. The van der Waals surface area contributed by atoms with E-state index in [0.717, 1.165) is 21.7 Å². The predicted octanol–water partition coefficient (Wildman–Crippen LogP) is 2.43. The van der Waals surface area contributed by atoms with Crippen molar-refractivity contribution in [2.45, 2.75) is 46.3 Å². The van der Waals surface area contributed by atoms with Crippen molar-refractivity contribution in [2.24, 2.45) is 0 Å². The highest BCUT2D eigenvalue weighted by molar-refractivity contribution is 7.92. The Hall–Kier alpha value is -3.27. The maximum absolute atomic E-state index is 13.5. The number of fused-ring (bicyclic) bond motifs is 1. The first kappa shape index (κ1) is 25.4. The molecule has 0 saturated carbocycles. The van der Waals surface area contributed by atoms with Gasteiger partial charge in [0.1, 0.15) is 12.6 Å². The van der Waals surface area contributed by atoms with Crippen molar-refractivity contribution in [1.82, 2.24) is 10.2 Å². The zero-order valence-corrected chi connectivity index (χ0v) is 20.9. The van der Waals surface area contributed by atoms with Crippen LogP contribution in [0.5, 0.6) is 11.5 Å². The molecule has 1 heterocycles. The Morgan fingerprint density at radius 2 is 1.74 bits per heavy atom. The number of ether oxygens (including phenoxy) is 2. The molecule has 9 nitrogen and oxygen atoms in total. The minimum atomic E-state index is -3.82. The first-order chi connectivity index (χ1) is 16.0. The topological polar surface area (TPSA) is 105 Å². The Labute approximate surface area is 200 Å². The van der Waals surface area contributed by atoms with Gasteiger partial charge >= 0.3 is 0 Å². The number of benzene rings is 2. The van der Waals surface area contributed by atoms with E-state index >= 15 is 0 Å². The van der Waals surface area contributed by atoms with E-state index in [2.05, 4.69) is 5.32 Å². The third-order valence-corrected chi connectivity index (χ3v) is 6.66. The van der Waals surface area contributed by atoms with Crippen LogP contribution in [-0.2, 0) is 26.2 Å². The Kier molecular flexibility index (Phi) is 7.71. The second kappa shape index (κ2) is 10.3. The molecular weight excluding hydrogens is 458 g/mol. The fraction of sp³-hybridized carbons (Fsp3) is 0.417. The summed E-state index contributed by atoms with van der Waals surface area (Å²) in [5.41, 5.74) is 2.11. The van der Waals surface area contributed by atoms with Crippen LogP contribution in [-0.4, -0.2) is 56.8 Å². The first-order valence-electron chi connectivity index (χ1n) is 11.0. The number of nitrogens with zero attached hydrogens (tertiary/aromatic N) is 2. The molecule has 1 unspecified atom stereocenters.